The van der Waals surface area contributed by atoms with Gasteiger partial charge in [0.15, 0.2) is 5.58 Å². The third-order valence-corrected chi connectivity index (χ3v) is 7.80. The van der Waals surface area contributed by atoms with Gasteiger partial charge in [0, 0.05) is 38.5 Å². The van der Waals surface area contributed by atoms with Gasteiger partial charge in [-0.25, -0.2) is 4.79 Å². The lowest BCUT2D eigenvalue weighted by atomic mass is 9.66. The maximum atomic E-state index is 13.2. The lowest BCUT2D eigenvalue weighted by Gasteiger charge is -2.38. The fourth-order valence-electron chi connectivity index (χ4n) is 5.87. The number of likely N-dealkylation sites (tertiary alicyclic amines) is 1. The van der Waals surface area contributed by atoms with Crippen molar-refractivity contribution in [2.45, 2.75) is 76.8 Å². The molecule has 2 amide bonds. The summed E-state index contributed by atoms with van der Waals surface area (Å²) in [5, 5.41) is 3.10. The molecule has 7 nitrogen and oxygen atoms in total. The first-order valence-electron chi connectivity index (χ1n) is 12.2. The van der Waals surface area contributed by atoms with Gasteiger partial charge in [-0.15, -0.1) is 0 Å². The largest absolute Gasteiger partial charge is 0.419 e. The number of amides is 2. The Labute approximate surface area is 188 Å². The second kappa shape index (κ2) is 8.75. The number of benzene rings is 1. The van der Waals surface area contributed by atoms with E-state index in [1.54, 1.807) is 10.6 Å². The molecule has 1 spiro atoms. The third kappa shape index (κ3) is 4.34. The summed E-state index contributed by atoms with van der Waals surface area (Å²) in [4.78, 5) is 39.7. The fraction of sp³-hybridized carbons (Fsp3) is 0.640. The van der Waals surface area contributed by atoms with Crippen LogP contribution in [0.5, 0.6) is 0 Å². The molecule has 3 fully saturated rings. The van der Waals surface area contributed by atoms with Crippen LogP contribution in [0.25, 0.3) is 11.1 Å². The molecule has 0 bridgehead atoms. The summed E-state index contributed by atoms with van der Waals surface area (Å²) in [6.45, 7) is 1.85. The Bertz CT molecular complexity index is 1040. The van der Waals surface area contributed by atoms with Crippen LogP contribution in [-0.4, -0.2) is 40.4 Å². The average Bonchev–Trinajstić information content (AvgIpc) is 3.45. The summed E-state index contributed by atoms with van der Waals surface area (Å²) in [6, 6.07) is 7.72. The van der Waals surface area contributed by atoms with E-state index < -0.39 is 5.76 Å². The van der Waals surface area contributed by atoms with Crippen LogP contribution in [0.4, 0.5) is 0 Å². The quantitative estimate of drug-likeness (QED) is 0.716. The highest BCUT2D eigenvalue weighted by Crippen LogP contribution is 2.49. The number of aromatic nitrogens is 1. The Balaban J connectivity index is 1.23. The Morgan fingerprint density at radius 1 is 1.09 bits per heavy atom. The van der Waals surface area contributed by atoms with Gasteiger partial charge in [0.2, 0.25) is 11.8 Å². The zero-order valence-electron chi connectivity index (χ0n) is 18.7. The lowest BCUT2D eigenvalue weighted by molar-refractivity contribution is -0.131. The van der Waals surface area contributed by atoms with Crippen molar-refractivity contribution in [2.75, 3.05) is 13.1 Å². The van der Waals surface area contributed by atoms with Crippen LogP contribution < -0.4 is 11.1 Å². The topological polar surface area (TPSA) is 84.6 Å². The predicted molar refractivity (Wildman–Crippen MR) is 121 cm³/mol. The van der Waals surface area contributed by atoms with E-state index in [2.05, 4.69) is 5.32 Å². The second-order valence-electron chi connectivity index (χ2n) is 10.0. The highest BCUT2D eigenvalue weighted by Gasteiger charge is 2.47. The van der Waals surface area contributed by atoms with Gasteiger partial charge in [-0.1, -0.05) is 31.4 Å². The van der Waals surface area contributed by atoms with Crippen LogP contribution in [0.1, 0.15) is 64.2 Å². The number of rotatable bonds is 7. The molecule has 7 heteroatoms. The molecule has 5 rings (SSSR count). The van der Waals surface area contributed by atoms with E-state index >= 15 is 0 Å². The van der Waals surface area contributed by atoms with Crippen molar-refractivity contribution in [3.8, 4) is 0 Å². The molecular weight excluding hydrogens is 406 g/mol. The molecule has 0 radical (unpaired) electrons. The first-order chi connectivity index (χ1) is 15.5. The van der Waals surface area contributed by atoms with Crippen LogP contribution in [0.15, 0.2) is 33.5 Å². The highest BCUT2D eigenvalue weighted by atomic mass is 16.4. The van der Waals surface area contributed by atoms with Gasteiger partial charge in [-0.05, 0) is 55.6 Å². The van der Waals surface area contributed by atoms with E-state index in [-0.39, 0.29) is 23.7 Å². The molecule has 172 valence electrons. The Morgan fingerprint density at radius 3 is 2.66 bits per heavy atom. The summed E-state index contributed by atoms with van der Waals surface area (Å²) in [7, 11) is 0. The lowest BCUT2D eigenvalue weighted by Crippen LogP contribution is -2.35. The molecule has 1 aliphatic heterocycles. The number of oxazole rings is 1. The van der Waals surface area contributed by atoms with E-state index in [0.29, 0.717) is 30.5 Å². The van der Waals surface area contributed by atoms with Crippen LogP contribution in [0.2, 0.25) is 0 Å². The number of fused-ring (bicyclic) bond motifs is 1. The number of nitrogens with one attached hydrogen (secondary N) is 1. The maximum absolute atomic E-state index is 13.2. The molecule has 1 aromatic heterocycles. The Kier molecular flexibility index (Phi) is 5.82. The summed E-state index contributed by atoms with van der Waals surface area (Å²) in [5.41, 5.74) is 1.44. The number of aryl methyl sites for hydroxylation is 1. The number of carbonyl (C=O) groups excluding carboxylic acids is 2. The molecule has 2 saturated carbocycles. The monoisotopic (exact) mass is 439 g/mol. The van der Waals surface area contributed by atoms with Gasteiger partial charge in [0.05, 0.1) is 5.52 Å². The van der Waals surface area contributed by atoms with E-state index in [0.717, 1.165) is 50.7 Å². The summed E-state index contributed by atoms with van der Waals surface area (Å²) in [5.74, 6) is 0.226. The number of hydrogen-bond donors (Lipinski definition) is 1. The van der Waals surface area contributed by atoms with Crippen LogP contribution in [0, 0.1) is 11.3 Å². The minimum absolute atomic E-state index is 0.0945. The molecule has 2 aromatic rings. The van der Waals surface area contributed by atoms with Crippen molar-refractivity contribution in [3.05, 3.63) is 34.8 Å². The number of para-hydroxylation sites is 2. The molecule has 1 atom stereocenters. The zero-order valence-corrected chi connectivity index (χ0v) is 18.7. The van der Waals surface area contributed by atoms with Crippen LogP contribution in [-0.2, 0) is 16.1 Å². The van der Waals surface area contributed by atoms with Gasteiger partial charge < -0.3 is 14.6 Å². The molecule has 2 aliphatic carbocycles. The minimum atomic E-state index is -0.413. The van der Waals surface area contributed by atoms with Crippen molar-refractivity contribution in [1.82, 2.24) is 14.8 Å². The standard InChI is InChI=1S/C25H33N3O4/c29-22(26-19-9-10-19)11-8-18-16-27(17-25(18)13-4-1-5-14-25)23(30)12-15-28-20-6-2-3-7-21(20)32-24(28)31/h2-3,6-7,18-19H,1,4-5,8-17H2,(H,26,29). The van der Waals surface area contributed by atoms with Gasteiger partial charge in [-0.3, -0.25) is 14.2 Å². The summed E-state index contributed by atoms with van der Waals surface area (Å²) >= 11 is 0. The van der Waals surface area contributed by atoms with Gasteiger partial charge in [0.1, 0.15) is 0 Å². The molecular formula is C25H33N3O4. The SMILES string of the molecule is O=C(CCC1CN(C(=O)CCn2c(=O)oc3ccccc32)CC12CCCCC2)NC1CC1. The van der Waals surface area contributed by atoms with E-state index in [1.807, 2.05) is 23.1 Å². The predicted octanol–water partition coefficient (Wildman–Crippen LogP) is 3.45. The maximum Gasteiger partial charge on any atom is 0.419 e. The molecule has 2 heterocycles. The molecule has 1 unspecified atom stereocenters. The van der Waals surface area contributed by atoms with E-state index in [4.69, 9.17) is 4.42 Å². The highest BCUT2D eigenvalue weighted by molar-refractivity contribution is 5.78. The zero-order chi connectivity index (χ0) is 22.1. The van der Waals surface area contributed by atoms with Crippen molar-refractivity contribution in [3.63, 3.8) is 0 Å². The van der Waals surface area contributed by atoms with Crippen molar-refractivity contribution in [2.24, 2.45) is 11.3 Å². The minimum Gasteiger partial charge on any atom is -0.408 e. The summed E-state index contributed by atoms with van der Waals surface area (Å²) < 4.78 is 6.85. The number of nitrogens with zero attached hydrogens (tertiary/aromatic N) is 2. The fourth-order valence-corrected chi connectivity index (χ4v) is 5.87. The Morgan fingerprint density at radius 2 is 1.88 bits per heavy atom. The molecule has 1 aromatic carbocycles. The molecule has 32 heavy (non-hydrogen) atoms. The van der Waals surface area contributed by atoms with E-state index in [9.17, 15) is 14.4 Å². The van der Waals surface area contributed by atoms with Gasteiger partial charge in [-0.2, -0.15) is 0 Å². The van der Waals surface area contributed by atoms with Gasteiger partial charge >= 0.3 is 5.76 Å². The Hall–Kier alpha value is -2.57. The van der Waals surface area contributed by atoms with Crippen LogP contribution >= 0.6 is 0 Å². The number of carbonyl (C=O) groups is 2. The first-order valence-corrected chi connectivity index (χ1v) is 12.2. The summed E-state index contributed by atoms with van der Waals surface area (Å²) in [6.07, 6.45) is 9.90. The van der Waals surface area contributed by atoms with Crippen LogP contribution in [0.3, 0.4) is 0 Å². The molecule has 1 N–H and O–H groups in total. The van der Waals surface area contributed by atoms with Crippen molar-refractivity contribution in [1.29, 1.82) is 0 Å². The van der Waals surface area contributed by atoms with Crippen molar-refractivity contribution < 1.29 is 14.0 Å². The average molecular weight is 440 g/mol. The van der Waals surface area contributed by atoms with Gasteiger partial charge in [0.25, 0.3) is 0 Å². The molecule has 3 aliphatic rings. The second-order valence-corrected chi connectivity index (χ2v) is 10.0. The van der Waals surface area contributed by atoms with E-state index in [1.165, 1.54) is 19.3 Å². The van der Waals surface area contributed by atoms with Crippen molar-refractivity contribution >= 4 is 22.9 Å². The first kappa shape index (κ1) is 21.3. The smallest absolute Gasteiger partial charge is 0.408 e. The molecule has 1 saturated heterocycles. The normalized spacial score (nSPS) is 22.5. The third-order valence-electron chi connectivity index (χ3n) is 7.80. The number of hydrogen-bond acceptors (Lipinski definition) is 4.